The van der Waals surface area contributed by atoms with E-state index in [1.54, 1.807) is 18.4 Å². The van der Waals surface area contributed by atoms with Gasteiger partial charge in [0.05, 0.1) is 7.11 Å². The Kier molecular flexibility index (Phi) is 5.00. The van der Waals surface area contributed by atoms with Gasteiger partial charge in [-0.1, -0.05) is 17.7 Å². The number of hydrogen-bond donors (Lipinski definition) is 1. The van der Waals surface area contributed by atoms with E-state index in [2.05, 4.69) is 48.1 Å². The molecule has 0 amide bonds. The van der Waals surface area contributed by atoms with Gasteiger partial charge in [0.2, 0.25) is 0 Å². The zero-order valence-electron chi connectivity index (χ0n) is 11.8. The van der Waals surface area contributed by atoms with Gasteiger partial charge < -0.3 is 10.1 Å². The Morgan fingerprint density at radius 2 is 2.16 bits per heavy atom. The lowest BCUT2D eigenvalue weighted by Gasteiger charge is -2.18. The minimum atomic E-state index is 0.300. The van der Waals surface area contributed by atoms with Crippen LogP contribution in [0.2, 0.25) is 0 Å². The molecule has 0 aliphatic rings. The molecule has 0 aliphatic carbocycles. The molecule has 1 unspecified atom stereocenters. The summed E-state index contributed by atoms with van der Waals surface area (Å²) >= 11 is 1.76. The molecule has 1 N–H and O–H groups in total. The van der Waals surface area contributed by atoms with Gasteiger partial charge in [-0.25, -0.2) is 0 Å². The number of benzene rings is 1. The first-order valence-electron chi connectivity index (χ1n) is 6.59. The molecule has 2 rings (SSSR count). The minimum absolute atomic E-state index is 0.300. The van der Waals surface area contributed by atoms with Crippen molar-refractivity contribution in [2.24, 2.45) is 0 Å². The predicted molar refractivity (Wildman–Crippen MR) is 82.2 cm³/mol. The number of methoxy groups -OCH3 is 1. The first-order valence-corrected chi connectivity index (χ1v) is 7.54. The quantitative estimate of drug-likeness (QED) is 0.861. The molecule has 0 fully saturated rings. The highest BCUT2D eigenvalue weighted by atomic mass is 32.1. The third-order valence-corrected chi connectivity index (χ3v) is 4.03. The summed E-state index contributed by atoms with van der Waals surface area (Å²) in [7, 11) is 1.73. The Morgan fingerprint density at radius 1 is 1.32 bits per heavy atom. The monoisotopic (exact) mass is 275 g/mol. The second kappa shape index (κ2) is 6.73. The van der Waals surface area contributed by atoms with Crippen molar-refractivity contribution in [3.63, 3.8) is 0 Å². The van der Waals surface area contributed by atoms with Crippen LogP contribution in [-0.2, 0) is 6.42 Å². The fourth-order valence-electron chi connectivity index (χ4n) is 2.17. The smallest absolute Gasteiger partial charge is 0.123 e. The van der Waals surface area contributed by atoms with Gasteiger partial charge in [-0.15, -0.1) is 0 Å². The maximum absolute atomic E-state index is 5.44. The molecule has 3 heteroatoms. The Hall–Kier alpha value is -1.32. The summed E-state index contributed by atoms with van der Waals surface area (Å²) in [4.78, 5) is 0. The van der Waals surface area contributed by atoms with Crippen molar-refractivity contribution < 1.29 is 4.74 Å². The molecule has 2 aromatic rings. The average Bonchev–Trinajstić information content (AvgIpc) is 2.91. The van der Waals surface area contributed by atoms with Crippen LogP contribution < -0.4 is 10.1 Å². The van der Waals surface area contributed by atoms with E-state index in [4.69, 9.17) is 4.74 Å². The van der Waals surface area contributed by atoms with Gasteiger partial charge in [0.25, 0.3) is 0 Å². The summed E-state index contributed by atoms with van der Waals surface area (Å²) in [6.07, 6.45) is 1.07. The first kappa shape index (κ1) is 14.1. The van der Waals surface area contributed by atoms with E-state index >= 15 is 0 Å². The normalized spacial score (nSPS) is 12.4. The molecule has 0 saturated heterocycles. The molecule has 0 bridgehead atoms. The van der Waals surface area contributed by atoms with E-state index in [9.17, 15) is 0 Å². The van der Waals surface area contributed by atoms with Gasteiger partial charge in [0.15, 0.2) is 0 Å². The number of aryl methyl sites for hydroxylation is 1. The van der Waals surface area contributed by atoms with Crippen molar-refractivity contribution in [1.29, 1.82) is 0 Å². The summed E-state index contributed by atoms with van der Waals surface area (Å²) in [5.74, 6) is 0.959. The van der Waals surface area contributed by atoms with Crippen molar-refractivity contribution in [1.82, 2.24) is 5.32 Å². The summed E-state index contributed by atoms with van der Waals surface area (Å²) in [6, 6.07) is 8.81. The third kappa shape index (κ3) is 3.82. The van der Waals surface area contributed by atoms with Gasteiger partial charge in [0, 0.05) is 11.6 Å². The largest absolute Gasteiger partial charge is 0.496 e. The fraction of sp³-hybridized carbons (Fsp3) is 0.375. The Labute approximate surface area is 119 Å². The molecule has 19 heavy (non-hydrogen) atoms. The van der Waals surface area contributed by atoms with Crippen molar-refractivity contribution >= 4 is 11.3 Å². The number of thiophene rings is 1. The van der Waals surface area contributed by atoms with Crippen LogP contribution in [0.15, 0.2) is 35.0 Å². The Bertz CT molecular complexity index is 507. The average molecular weight is 275 g/mol. The Morgan fingerprint density at radius 3 is 2.84 bits per heavy atom. The van der Waals surface area contributed by atoms with Crippen LogP contribution in [0.5, 0.6) is 5.75 Å². The minimum Gasteiger partial charge on any atom is -0.496 e. The molecule has 1 atom stereocenters. The van der Waals surface area contributed by atoms with Gasteiger partial charge in [-0.2, -0.15) is 11.3 Å². The van der Waals surface area contributed by atoms with Crippen LogP contribution in [0.25, 0.3) is 0 Å². The van der Waals surface area contributed by atoms with E-state index in [1.165, 1.54) is 16.7 Å². The van der Waals surface area contributed by atoms with Crippen molar-refractivity contribution in [2.75, 3.05) is 13.7 Å². The molecule has 1 heterocycles. The maximum Gasteiger partial charge on any atom is 0.123 e. The van der Waals surface area contributed by atoms with Crippen LogP contribution >= 0.6 is 11.3 Å². The molecular weight excluding hydrogens is 254 g/mol. The molecule has 0 radical (unpaired) electrons. The standard InChI is InChI=1S/C16H21NOS/c1-12-4-5-16(18-3)15(10-12)13(2)17-8-6-14-7-9-19-11-14/h4-5,7,9-11,13,17H,6,8H2,1-3H3. The zero-order chi connectivity index (χ0) is 13.7. The molecule has 0 spiro atoms. The zero-order valence-corrected chi connectivity index (χ0v) is 12.6. The van der Waals surface area contributed by atoms with Crippen LogP contribution in [0, 0.1) is 6.92 Å². The third-order valence-electron chi connectivity index (χ3n) is 3.30. The summed E-state index contributed by atoms with van der Waals surface area (Å²) in [6.45, 7) is 5.28. The van der Waals surface area contributed by atoms with E-state index < -0.39 is 0 Å². The molecule has 0 aliphatic heterocycles. The second-order valence-electron chi connectivity index (χ2n) is 4.80. The number of ether oxygens (including phenoxy) is 1. The van der Waals surface area contributed by atoms with Crippen molar-refractivity contribution in [3.05, 3.63) is 51.7 Å². The predicted octanol–water partition coefficient (Wildman–Crippen LogP) is 3.96. The highest BCUT2D eigenvalue weighted by Gasteiger charge is 2.10. The molecule has 1 aromatic heterocycles. The van der Waals surface area contributed by atoms with E-state index in [0.29, 0.717) is 6.04 Å². The summed E-state index contributed by atoms with van der Waals surface area (Å²) < 4.78 is 5.44. The molecule has 0 saturated carbocycles. The summed E-state index contributed by atoms with van der Waals surface area (Å²) in [5, 5.41) is 7.90. The van der Waals surface area contributed by atoms with Crippen LogP contribution in [0.3, 0.4) is 0 Å². The number of hydrogen-bond acceptors (Lipinski definition) is 3. The van der Waals surface area contributed by atoms with Crippen LogP contribution in [0.1, 0.15) is 29.7 Å². The maximum atomic E-state index is 5.44. The lowest BCUT2D eigenvalue weighted by Crippen LogP contribution is -2.21. The van der Waals surface area contributed by atoms with Gasteiger partial charge in [0.1, 0.15) is 5.75 Å². The molecule has 102 valence electrons. The number of nitrogens with one attached hydrogen (secondary N) is 1. The SMILES string of the molecule is COc1ccc(C)cc1C(C)NCCc1ccsc1. The van der Waals surface area contributed by atoms with Gasteiger partial charge in [-0.05, 0) is 55.3 Å². The molecule has 2 nitrogen and oxygen atoms in total. The van der Waals surface area contributed by atoms with Crippen LogP contribution in [-0.4, -0.2) is 13.7 Å². The first-order chi connectivity index (χ1) is 9.20. The van der Waals surface area contributed by atoms with Crippen LogP contribution in [0.4, 0.5) is 0 Å². The molecular formula is C16H21NOS. The summed E-state index contributed by atoms with van der Waals surface area (Å²) in [5.41, 5.74) is 3.90. The van der Waals surface area contributed by atoms with Crippen molar-refractivity contribution in [2.45, 2.75) is 26.3 Å². The highest BCUT2D eigenvalue weighted by molar-refractivity contribution is 7.07. The van der Waals surface area contributed by atoms with Gasteiger partial charge in [-0.3, -0.25) is 0 Å². The lowest BCUT2D eigenvalue weighted by atomic mass is 10.0. The highest BCUT2D eigenvalue weighted by Crippen LogP contribution is 2.25. The fourth-order valence-corrected chi connectivity index (χ4v) is 2.87. The van der Waals surface area contributed by atoms with E-state index in [-0.39, 0.29) is 0 Å². The van der Waals surface area contributed by atoms with E-state index in [0.717, 1.165) is 18.7 Å². The Balaban J connectivity index is 1.95. The second-order valence-corrected chi connectivity index (χ2v) is 5.58. The lowest BCUT2D eigenvalue weighted by molar-refractivity contribution is 0.401. The number of rotatable bonds is 6. The van der Waals surface area contributed by atoms with E-state index in [1.807, 2.05) is 6.07 Å². The molecule has 1 aromatic carbocycles. The topological polar surface area (TPSA) is 21.3 Å². The van der Waals surface area contributed by atoms with Crippen molar-refractivity contribution in [3.8, 4) is 5.75 Å². The van der Waals surface area contributed by atoms with Gasteiger partial charge >= 0.3 is 0 Å².